The predicted octanol–water partition coefficient (Wildman–Crippen LogP) is 3.12. The maximum atomic E-state index is 4.63. The van der Waals surface area contributed by atoms with Crippen molar-refractivity contribution in [3.05, 3.63) is 41.2 Å². The summed E-state index contributed by atoms with van der Waals surface area (Å²) in [6.45, 7) is 9.80. The van der Waals surface area contributed by atoms with Gasteiger partial charge in [0.15, 0.2) is 5.13 Å². The smallest absolute Gasteiger partial charge is 0.185 e. The van der Waals surface area contributed by atoms with Gasteiger partial charge in [-0.15, -0.1) is 11.3 Å². The van der Waals surface area contributed by atoms with Crippen LogP contribution in [0.5, 0.6) is 0 Å². The van der Waals surface area contributed by atoms with Crippen LogP contribution >= 0.6 is 11.3 Å². The fourth-order valence-corrected chi connectivity index (χ4v) is 3.86. The molecule has 0 unspecified atom stereocenters. The number of thiazole rings is 1. The molecule has 2 atom stereocenters. The summed E-state index contributed by atoms with van der Waals surface area (Å²) in [7, 11) is 0. The van der Waals surface area contributed by atoms with E-state index in [0.717, 1.165) is 30.5 Å². The van der Waals surface area contributed by atoms with Gasteiger partial charge in [-0.25, -0.2) is 4.98 Å². The van der Waals surface area contributed by atoms with Crippen LogP contribution in [-0.2, 0) is 0 Å². The number of piperazine rings is 1. The normalized spacial score (nSPS) is 21.5. The Morgan fingerprint density at radius 3 is 2.86 bits per heavy atom. The molecule has 0 saturated carbocycles. The van der Waals surface area contributed by atoms with Crippen molar-refractivity contribution in [1.82, 2.24) is 14.9 Å². The van der Waals surface area contributed by atoms with Crippen LogP contribution in [0.25, 0.3) is 0 Å². The summed E-state index contributed by atoms with van der Waals surface area (Å²) in [5.41, 5.74) is 2.41. The van der Waals surface area contributed by atoms with Crippen LogP contribution < -0.4 is 4.90 Å². The SMILES string of the molecule is Cc1csc(N2CCN([C@@H](C)c3cccnc3)C[C@H]2C)n1. The number of aryl methyl sites for hydroxylation is 1. The van der Waals surface area contributed by atoms with Gasteiger partial charge in [0.05, 0.1) is 5.69 Å². The summed E-state index contributed by atoms with van der Waals surface area (Å²) in [5.74, 6) is 0. The average molecular weight is 302 g/mol. The van der Waals surface area contributed by atoms with E-state index in [-0.39, 0.29) is 0 Å². The maximum Gasteiger partial charge on any atom is 0.185 e. The van der Waals surface area contributed by atoms with E-state index in [4.69, 9.17) is 0 Å². The first-order valence-electron chi connectivity index (χ1n) is 7.48. The van der Waals surface area contributed by atoms with Gasteiger partial charge in [0.25, 0.3) is 0 Å². The Morgan fingerprint density at radius 2 is 2.24 bits per heavy atom. The second-order valence-electron chi connectivity index (χ2n) is 5.77. The minimum absolute atomic E-state index is 0.418. The molecule has 1 aliphatic heterocycles. The van der Waals surface area contributed by atoms with Gasteiger partial charge in [0.1, 0.15) is 0 Å². The van der Waals surface area contributed by atoms with Crippen molar-refractivity contribution < 1.29 is 0 Å². The number of hydrogen-bond acceptors (Lipinski definition) is 5. The largest absolute Gasteiger partial charge is 0.343 e. The van der Waals surface area contributed by atoms with Crippen molar-refractivity contribution in [2.45, 2.75) is 32.9 Å². The van der Waals surface area contributed by atoms with Crippen molar-refractivity contribution in [3.63, 3.8) is 0 Å². The van der Waals surface area contributed by atoms with E-state index >= 15 is 0 Å². The summed E-state index contributed by atoms with van der Waals surface area (Å²) >= 11 is 1.75. The van der Waals surface area contributed by atoms with Crippen molar-refractivity contribution in [2.75, 3.05) is 24.5 Å². The molecule has 1 aliphatic rings. The molecule has 0 N–H and O–H groups in total. The molecule has 112 valence electrons. The lowest BCUT2D eigenvalue weighted by atomic mass is 10.1. The lowest BCUT2D eigenvalue weighted by Crippen LogP contribution is -2.52. The van der Waals surface area contributed by atoms with Gasteiger partial charge in [-0.2, -0.15) is 0 Å². The molecule has 1 fully saturated rings. The van der Waals surface area contributed by atoms with Crippen LogP contribution in [0.1, 0.15) is 31.1 Å². The van der Waals surface area contributed by atoms with E-state index in [1.807, 2.05) is 18.5 Å². The number of pyridine rings is 1. The van der Waals surface area contributed by atoms with Crippen molar-refractivity contribution in [3.8, 4) is 0 Å². The minimum atomic E-state index is 0.418. The number of anilines is 1. The molecule has 0 radical (unpaired) electrons. The van der Waals surface area contributed by atoms with Gasteiger partial charge in [0, 0.05) is 49.5 Å². The molecular weight excluding hydrogens is 280 g/mol. The Bertz CT molecular complexity index is 583. The third kappa shape index (κ3) is 3.09. The fraction of sp³-hybridized carbons (Fsp3) is 0.500. The third-order valence-corrected chi connectivity index (χ3v) is 5.22. The van der Waals surface area contributed by atoms with Gasteiger partial charge < -0.3 is 4.90 Å². The standard InChI is InChI=1S/C16H22N4S/c1-12-11-21-16(18-12)20-8-7-19(10-13(20)2)14(3)15-5-4-6-17-9-15/h4-6,9,11,13-14H,7-8,10H2,1-3H3/t13-,14+/m1/s1. The second-order valence-corrected chi connectivity index (χ2v) is 6.61. The maximum absolute atomic E-state index is 4.63. The Balaban J connectivity index is 1.68. The molecule has 1 saturated heterocycles. The zero-order valence-corrected chi connectivity index (χ0v) is 13.7. The minimum Gasteiger partial charge on any atom is -0.343 e. The zero-order valence-electron chi connectivity index (χ0n) is 12.9. The number of nitrogens with zero attached hydrogens (tertiary/aromatic N) is 4. The molecule has 2 aromatic rings. The lowest BCUT2D eigenvalue weighted by Gasteiger charge is -2.42. The molecule has 0 spiro atoms. The molecule has 3 heterocycles. The van der Waals surface area contributed by atoms with Crippen LogP contribution in [0, 0.1) is 6.92 Å². The topological polar surface area (TPSA) is 32.3 Å². The van der Waals surface area contributed by atoms with Crippen molar-refractivity contribution in [2.24, 2.45) is 0 Å². The van der Waals surface area contributed by atoms with E-state index in [0.29, 0.717) is 12.1 Å². The van der Waals surface area contributed by atoms with E-state index in [1.165, 1.54) is 5.56 Å². The molecule has 21 heavy (non-hydrogen) atoms. The summed E-state index contributed by atoms with van der Waals surface area (Å²) in [6, 6.07) is 5.09. The molecular formula is C16H22N4S. The van der Waals surface area contributed by atoms with Gasteiger partial charge in [0.2, 0.25) is 0 Å². The summed E-state index contributed by atoms with van der Waals surface area (Å²) in [4.78, 5) is 13.8. The molecule has 0 aliphatic carbocycles. The number of aromatic nitrogens is 2. The quantitative estimate of drug-likeness (QED) is 0.872. The summed E-state index contributed by atoms with van der Waals surface area (Å²) in [6.07, 6.45) is 3.81. The molecule has 2 aromatic heterocycles. The van der Waals surface area contributed by atoms with Crippen molar-refractivity contribution in [1.29, 1.82) is 0 Å². The Kier molecular flexibility index (Phi) is 4.22. The monoisotopic (exact) mass is 302 g/mol. The highest BCUT2D eigenvalue weighted by Crippen LogP contribution is 2.28. The number of hydrogen-bond donors (Lipinski definition) is 0. The molecule has 0 aromatic carbocycles. The summed E-state index contributed by atoms with van der Waals surface area (Å²) in [5, 5.41) is 3.29. The molecule has 4 nitrogen and oxygen atoms in total. The molecule has 0 bridgehead atoms. The lowest BCUT2D eigenvalue weighted by molar-refractivity contribution is 0.175. The zero-order chi connectivity index (χ0) is 14.8. The van der Waals surface area contributed by atoms with Gasteiger partial charge >= 0.3 is 0 Å². The third-order valence-electron chi connectivity index (χ3n) is 4.23. The fourth-order valence-electron chi connectivity index (χ4n) is 2.93. The Morgan fingerprint density at radius 1 is 1.38 bits per heavy atom. The van der Waals surface area contributed by atoms with Crippen LogP contribution in [0.15, 0.2) is 29.9 Å². The van der Waals surface area contributed by atoms with Crippen molar-refractivity contribution >= 4 is 16.5 Å². The highest BCUT2D eigenvalue weighted by atomic mass is 32.1. The van der Waals surface area contributed by atoms with Gasteiger partial charge in [-0.1, -0.05) is 6.07 Å². The van der Waals surface area contributed by atoms with Gasteiger partial charge in [-0.3, -0.25) is 9.88 Å². The van der Waals surface area contributed by atoms with Crippen LogP contribution in [0.4, 0.5) is 5.13 Å². The van der Waals surface area contributed by atoms with Crippen LogP contribution in [0.3, 0.4) is 0 Å². The predicted molar refractivity (Wildman–Crippen MR) is 87.9 cm³/mol. The highest BCUT2D eigenvalue weighted by molar-refractivity contribution is 7.13. The number of rotatable bonds is 3. The molecule has 3 rings (SSSR count). The van der Waals surface area contributed by atoms with Crippen LogP contribution in [-0.4, -0.2) is 40.5 Å². The molecule has 5 heteroatoms. The Hall–Kier alpha value is -1.46. The van der Waals surface area contributed by atoms with E-state index in [9.17, 15) is 0 Å². The first kappa shape index (κ1) is 14.5. The average Bonchev–Trinajstić information content (AvgIpc) is 2.93. The van der Waals surface area contributed by atoms with Crippen LogP contribution in [0.2, 0.25) is 0 Å². The van der Waals surface area contributed by atoms with E-state index in [1.54, 1.807) is 11.3 Å². The highest BCUT2D eigenvalue weighted by Gasteiger charge is 2.28. The summed E-state index contributed by atoms with van der Waals surface area (Å²) < 4.78 is 0. The molecule has 0 amide bonds. The first-order chi connectivity index (χ1) is 10.1. The van der Waals surface area contributed by atoms with Gasteiger partial charge in [-0.05, 0) is 32.4 Å². The van der Waals surface area contributed by atoms with E-state index < -0.39 is 0 Å². The first-order valence-corrected chi connectivity index (χ1v) is 8.36. The Labute approximate surface area is 130 Å². The second kappa shape index (κ2) is 6.12. The van der Waals surface area contributed by atoms with E-state index in [2.05, 4.69) is 52.0 Å².